The van der Waals surface area contributed by atoms with Crippen LogP contribution in [0.25, 0.3) is 0 Å². The highest BCUT2D eigenvalue weighted by molar-refractivity contribution is 5.93. The third-order valence-corrected chi connectivity index (χ3v) is 3.14. The summed E-state index contributed by atoms with van der Waals surface area (Å²) >= 11 is 0. The van der Waals surface area contributed by atoms with Crippen LogP contribution in [0.5, 0.6) is 5.75 Å². The molecular weight excluding hydrogens is 309 g/mol. The summed E-state index contributed by atoms with van der Waals surface area (Å²) in [5.74, 6) is -0.806. The number of ether oxygens (including phenoxy) is 1. The van der Waals surface area contributed by atoms with Gasteiger partial charge in [-0.05, 0) is 42.8 Å². The van der Waals surface area contributed by atoms with Crippen LogP contribution in [0.1, 0.15) is 28.9 Å². The van der Waals surface area contributed by atoms with Gasteiger partial charge in [-0.25, -0.2) is 0 Å². The van der Waals surface area contributed by atoms with Crippen molar-refractivity contribution < 1.29 is 22.7 Å². The summed E-state index contributed by atoms with van der Waals surface area (Å²) < 4.78 is 40.2. The lowest BCUT2D eigenvalue weighted by molar-refractivity contribution is -0.274. The van der Waals surface area contributed by atoms with E-state index in [4.69, 9.17) is 5.73 Å². The van der Waals surface area contributed by atoms with Gasteiger partial charge in [0, 0.05) is 17.3 Å². The minimum absolute atomic E-state index is 0.182. The molecule has 1 atom stereocenters. The van der Waals surface area contributed by atoms with E-state index in [-0.39, 0.29) is 11.8 Å². The van der Waals surface area contributed by atoms with Crippen molar-refractivity contribution in [2.75, 3.05) is 5.32 Å². The maximum absolute atomic E-state index is 12.1. The second kappa shape index (κ2) is 6.60. The first-order chi connectivity index (χ1) is 10.7. The maximum atomic E-state index is 12.1. The van der Waals surface area contributed by atoms with Crippen molar-refractivity contribution in [3.05, 3.63) is 59.7 Å². The van der Waals surface area contributed by atoms with E-state index in [1.54, 1.807) is 24.3 Å². The van der Waals surface area contributed by atoms with Crippen LogP contribution in [0, 0.1) is 0 Å². The summed E-state index contributed by atoms with van der Waals surface area (Å²) in [6.07, 6.45) is -4.71. The zero-order valence-corrected chi connectivity index (χ0v) is 12.2. The van der Waals surface area contributed by atoms with E-state index in [0.29, 0.717) is 11.3 Å². The van der Waals surface area contributed by atoms with Gasteiger partial charge in [0.1, 0.15) is 5.75 Å². The average Bonchev–Trinajstić information content (AvgIpc) is 2.46. The van der Waals surface area contributed by atoms with Gasteiger partial charge in [-0.15, -0.1) is 13.2 Å². The number of amides is 1. The van der Waals surface area contributed by atoms with Crippen molar-refractivity contribution in [1.82, 2.24) is 0 Å². The number of hydrogen-bond donors (Lipinski definition) is 2. The lowest BCUT2D eigenvalue weighted by atomic mass is 10.1. The molecule has 0 aliphatic carbocycles. The summed E-state index contributed by atoms with van der Waals surface area (Å²) in [7, 11) is 0. The van der Waals surface area contributed by atoms with Gasteiger partial charge in [0.05, 0.1) is 0 Å². The average molecular weight is 324 g/mol. The normalized spacial score (nSPS) is 12.5. The summed E-state index contributed by atoms with van der Waals surface area (Å²) in [4.78, 5) is 11.1. The standard InChI is InChI=1S/C16H15F3N2O2/c1-10(21-13-4-2-3-12(9-13)15(20)22)11-5-7-14(8-6-11)23-16(17,18)19/h2-10,21H,1H3,(H2,20,22). The highest BCUT2D eigenvalue weighted by Crippen LogP contribution is 2.26. The minimum atomic E-state index is -4.71. The van der Waals surface area contributed by atoms with Crippen LogP contribution in [0.2, 0.25) is 0 Å². The molecule has 0 spiro atoms. The SMILES string of the molecule is CC(Nc1cccc(C(N)=O)c1)c1ccc(OC(F)(F)F)cc1. The molecule has 0 heterocycles. The van der Waals surface area contributed by atoms with Crippen LogP contribution in [-0.2, 0) is 0 Å². The monoisotopic (exact) mass is 324 g/mol. The molecule has 2 aromatic carbocycles. The van der Waals surface area contributed by atoms with Gasteiger partial charge in [0.2, 0.25) is 5.91 Å². The van der Waals surface area contributed by atoms with Gasteiger partial charge in [-0.2, -0.15) is 0 Å². The number of carbonyl (C=O) groups is 1. The number of carbonyl (C=O) groups excluding carboxylic acids is 1. The Morgan fingerprint density at radius 3 is 2.39 bits per heavy atom. The number of benzene rings is 2. The van der Waals surface area contributed by atoms with Crippen molar-refractivity contribution in [2.24, 2.45) is 5.73 Å². The molecule has 122 valence electrons. The van der Waals surface area contributed by atoms with Crippen LogP contribution >= 0.6 is 0 Å². The number of alkyl halides is 3. The molecule has 3 N–H and O–H groups in total. The predicted molar refractivity (Wildman–Crippen MR) is 80.1 cm³/mol. The molecule has 7 heteroatoms. The molecule has 2 aromatic rings. The van der Waals surface area contributed by atoms with Crippen molar-refractivity contribution in [3.63, 3.8) is 0 Å². The fourth-order valence-electron chi connectivity index (χ4n) is 2.05. The lowest BCUT2D eigenvalue weighted by Gasteiger charge is -2.17. The summed E-state index contributed by atoms with van der Waals surface area (Å²) in [5.41, 5.74) is 7.04. The van der Waals surface area contributed by atoms with E-state index in [9.17, 15) is 18.0 Å². The Morgan fingerprint density at radius 2 is 1.83 bits per heavy atom. The molecule has 0 radical (unpaired) electrons. The first-order valence-electron chi connectivity index (χ1n) is 6.77. The Labute approximate surface area is 131 Å². The molecule has 0 aromatic heterocycles. The van der Waals surface area contributed by atoms with Crippen molar-refractivity contribution >= 4 is 11.6 Å². The number of anilines is 1. The molecule has 2 rings (SSSR count). The zero-order chi connectivity index (χ0) is 17.0. The summed E-state index contributed by atoms with van der Waals surface area (Å²) in [6.45, 7) is 1.84. The molecule has 0 aliphatic heterocycles. The lowest BCUT2D eigenvalue weighted by Crippen LogP contribution is -2.17. The molecule has 0 bridgehead atoms. The second-order valence-electron chi connectivity index (χ2n) is 4.93. The number of halogens is 3. The van der Waals surface area contributed by atoms with E-state index < -0.39 is 12.3 Å². The first kappa shape index (κ1) is 16.7. The van der Waals surface area contributed by atoms with Gasteiger partial charge in [0.25, 0.3) is 0 Å². The number of rotatable bonds is 5. The fourth-order valence-corrected chi connectivity index (χ4v) is 2.05. The molecule has 0 saturated carbocycles. The van der Waals surface area contributed by atoms with Crippen molar-refractivity contribution in [1.29, 1.82) is 0 Å². The second-order valence-corrected chi connectivity index (χ2v) is 4.93. The molecule has 1 unspecified atom stereocenters. The summed E-state index contributed by atoms with van der Waals surface area (Å²) in [5, 5.41) is 3.15. The number of nitrogens with two attached hydrogens (primary N) is 1. The molecule has 0 saturated heterocycles. The first-order valence-corrected chi connectivity index (χ1v) is 6.77. The van der Waals surface area contributed by atoms with Gasteiger partial charge >= 0.3 is 6.36 Å². The van der Waals surface area contributed by atoms with Crippen molar-refractivity contribution in [3.8, 4) is 5.75 Å². The minimum Gasteiger partial charge on any atom is -0.406 e. The predicted octanol–water partition coefficient (Wildman–Crippen LogP) is 3.86. The number of hydrogen-bond acceptors (Lipinski definition) is 3. The largest absolute Gasteiger partial charge is 0.573 e. The van der Waals surface area contributed by atoms with E-state index in [1.807, 2.05) is 6.92 Å². The number of primary amides is 1. The highest BCUT2D eigenvalue weighted by atomic mass is 19.4. The van der Waals surface area contributed by atoms with Crippen LogP contribution in [0.4, 0.5) is 18.9 Å². The Balaban J connectivity index is 2.07. The van der Waals surface area contributed by atoms with E-state index >= 15 is 0 Å². The molecule has 1 amide bonds. The van der Waals surface area contributed by atoms with Gasteiger partial charge in [-0.1, -0.05) is 18.2 Å². The summed E-state index contributed by atoms with van der Waals surface area (Å²) in [6, 6.07) is 12.1. The van der Waals surface area contributed by atoms with Crippen LogP contribution < -0.4 is 15.8 Å². The quantitative estimate of drug-likeness (QED) is 0.878. The number of nitrogens with one attached hydrogen (secondary N) is 1. The third kappa shape index (κ3) is 4.91. The zero-order valence-electron chi connectivity index (χ0n) is 12.2. The Hall–Kier alpha value is -2.70. The topological polar surface area (TPSA) is 64.3 Å². The Bertz CT molecular complexity index is 684. The van der Waals surface area contributed by atoms with E-state index in [1.165, 1.54) is 24.3 Å². The van der Waals surface area contributed by atoms with Gasteiger partial charge < -0.3 is 15.8 Å². The molecular formula is C16H15F3N2O2. The molecule has 0 aliphatic rings. The van der Waals surface area contributed by atoms with Crippen LogP contribution in [-0.4, -0.2) is 12.3 Å². The smallest absolute Gasteiger partial charge is 0.406 e. The van der Waals surface area contributed by atoms with E-state index in [2.05, 4.69) is 10.1 Å². The van der Waals surface area contributed by atoms with Gasteiger partial charge in [0.15, 0.2) is 0 Å². The molecule has 23 heavy (non-hydrogen) atoms. The maximum Gasteiger partial charge on any atom is 0.573 e. The van der Waals surface area contributed by atoms with Crippen molar-refractivity contribution in [2.45, 2.75) is 19.3 Å². The molecule has 4 nitrogen and oxygen atoms in total. The van der Waals surface area contributed by atoms with E-state index in [0.717, 1.165) is 5.56 Å². The van der Waals surface area contributed by atoms with Gasteiger partial charge in [-0.3, -0.25) is 4.79 Å². The van der Waals surface area contributed by atoms with Crippen LogP contribution in [0.15, 0.2) is 48.5 Å². The Morgan fingerprint density at radius 1 is 1.17 bits per heavy atom. The van der Waals surface area contributed by atoms with Crippen LogP contribution in [0.3, 0.4) is 0 Å². The third-order valence-electron chi connectivity index (χ3n) is 3.14. The molecule has 0 fully saturated rings. The Kier molecular flexibility index (Phi) is 4.78. The fraction of sp³-hybridized carbons (Fsp3) is 0.188. The highest BCUT2D eigenvalue weighted by Gasteiger charge is 2.31.